The number of ketones is 2. The molecule has 0 spiro atoms. The third-order valence-corrected chi connectivity index (χ3v) is 10.8. The van der Waals surface area contributed by atoms with E-state index >= 15 is 0 Å². The number of azo groups is 2. The molecule has 14 nitrogen and oxygen atoms in total. The Balaban J connectivity index is 1.28. The first kappa shape index (κ1) is 50.0. The van der Waals surface area contributed by atoms with Gasteiger partial charge in [-0.3, -0.25) is 28.8 Å². The normalized spacial score (nSPS) is 13.1. The van der Waals surface area contributed by atoms with Crippen molar-refractivity contribution < 1.29 is 28.8 Å². The Morgan fingerprint density at radius 2 is 1.00 bits per heavy atom. The summed E-state index contributed by atoms with van der Waals surface area (Å²) in [4.78, 5) is 78.6. The van der Waals surface area contributed by atoms with Gasteiger partial charge in [0.2, 0.25) is 12.1 Å². The highest BCUT2D eigenvalue weighted by Gasteiger charge is 2.26. The summed E-state index contributed by atoms with van der Waals surface area (Å²) in [6, 6.07) is 23.9. The van der Waals surface area contributed by atoms with Gasteiger partial charge in [-0.05, 0) is 118 Å². The lowest BCUT2D eigenvalue weighted by atomic mass is 10.1. The fourth-order valence-electron chi connectivity index (χ4n) is 6.16. The number of nitrogens with zero attached hydrogens (tertiary/aromatic N) is 4. The van der Waals surface area contributed by atoms with Gasteiger partial charge in [-0.1, -0.05) is 59.6 Å². The lowest BCUT2D eigenvalue weighted by Crippen LogP contribution is -2.32. The molecule has 0 heterocycles. The maximum atomic E-state index is 13.5. The zero-order chi connectivity index (χ0) is 47.4. The molecule has 4 amide bonds. The van der Waals surface area contributed by atoms with Gasteiger partial charge in [0.05, 0.1) is 20.8 Å². The van der Waals surface area contributed by atoms with E-state index in [9.17, 15) is 28.8 Å². The lowest BCUT2D eigenvalue weighted by molar-refractivity contribution is -0.127. The third-order valence-electron chi connectivity index (χ3n) is 9.51. The van der Waals surface area contributed by atoms with Gasteiger partial charge in [-0.15, -0.1) is 34.8 Å². The molecule has 0 aromatic heterocycles. The maximum Gasteiger partial charge on any atom is 0.258 e. The topological polar surface area (TPSA) is 200 Å². The number of hydrogen-bond acceptors (Lipinski definition) is 10. The number of anilines is 4. The molecule has 0 aliphatic heterocycles. The van der Waals surface area contributed by atoms with Crippen LogP contribution in [0.5, 0.6) is 0 Å². The molecule has 0 radical (unpaired) electrons. The molecule has 4 unspecified atom stereocenters. The Hall–Kier alpha value is -6.03. The second kappa shape index (κ2) is 23.2. The third kappa shape index (κ3) is 13.5. The van der Waals surface area contributed by atoms with Crippen molar-refractivity contribution in [2.45, 2.75) is 57.0 Å². The van der Waals surface area contributed by atoms with Crippen molar-refractivity contribution in [1.82, 2.24) is 0 Å². The number of Topliss-reactive ketones (excluding diaryl/α,β-unsaturated/α-hetero) is 2. The van der Waals surface area contributed by atoms with E-state index in [4.69, 9.17) is 58.0 Å². The summed E-state index contributed by atoms with van der Waals surface area (Å²) in [5.41, 5.74) is 3.83. The van der Waals surface area contributed by atoms with Crippen molar-refractivity contribution in [2.24, 2.45) is 20.5 Å². The molecule has 336 valence electrons. The molecule has 0 aliphatic carbocycles. The Bertz CT molecular complexity index is 2690. The zero-order valence-electron chi connectivity index (χ0n) is 35.2. The highest BCUT2D eigenvalue weighted by molar-refractivity contribution is 6.33. The van der Waals surface area contributed by atoms with Crippen LogP contribution in [-0.4, -0.2) is 53.2 Å². The second-order valence-corrected chi connectivity index (χ2v) is 16.9. The van der Waals surface area contributed by atoms with Crippen molar-refractivity contribution in [3.05, 3.63) is 141 Å². The van der Waals surface area contributed by atoms with E-state index in [0.29, 0.717) is 16.9 Å². The Morgan fingerprint density at radius 3 is 1.43 bits per heavy atom. The Kier molecular flexibility index (Phi) is 17.9. The number of carbonyl (C=O) groups excluding carboxylic acids is 6. The van der Waals surface area contributed by atoms with Gasteiger partial charge in [-0.2, -0.15) is 20.5 Å². The first-order valence-corrected chi connectivity index (χ1v) is 21.9. The van der Waals surface area contributed by atoms with E-state index in [1.54, 1.807) is 62.4 Å². The summed E-state index contributed by atoms with van der Waals surface area (Å²) < 4.78 is 0. The van der Waals surface area contributed by atoms with Gasteiger partial charge in [-0.25, -0.2) is 0 Å². The largest absolute Gasteiger partial charge is 0.324 e. The minimum Gasteiger partial charge on any atom is -0.324 e. The van der Waals surface area contributed by atoms with Crippen LogP contribution in [0.1, 0.15) is 75.9 Å². The van der Waals surface area contributed by atoms with Gasteiger partial charge in [0.15, 0.2) is 11.6 Å². The number of alkyl halides is 3. The number of benzene rings is 5. The van der Waals surface area contributed by atoms with Crippen LogP contribution in [0.25, 0.3) is 0 Å². The van der Waals surface area contributed by atoms with E-state index in [0.717, 1.165) is 25.0 Å². The monoisotopic (exact) mass is 976 g/mol. The molecule has 65 heavy (non-hydrogen) atoms. The van der Waals surface area contributed by atoms with Gasteiger partial charge in [0, 0.05) is 39.8 Å². The van der Waals surface area contributed by atoms with E-state index in [-0.39, 0.29) is 67.0 Å². The van der Waals surface area contributed by atoms with Gasteiger partial charge in [0.1, 0.15) is 11.4 Å². The maximum absolute atomic E-state index is 13.5. The smallest absolute Gasteiger partial charge is 0.258 e. The highest BCUT2D eigenvalue weighted by Crippen LogP contribution is 2.32. The minimum atomic E-state index is -1.62. The van der Waals surface area contributed by atoms with Crippen LogP contribution in [0.2, 0.25) is 10.0 Å². The Labute approximate surface area is 399 Å². The molecule has 19 heteroatoms. The van der Waals surface area contributed by atoms with Crippen LogP contribution in [-0.2, 0) is 25.6 Å². The number of halogens is 5. The first-order valence-electron chi connectivity index (χ1n) is 19.8. The van der Waals surface area contributed by atoms with Crippen LogP contribution in [0.4, 0.5) is 34.1 Å². The summed E-state index contributed by atoms with van der Waals surface area (Å²) in [6.45, 7) is 5.89. The SMILES string of the molecule is CC(=O)C(N=Nc1cc(C(=O)Nc2ccccc2C(C)Cl)ccc1Cl)C(=O)Nc1ccc(NC(=O)C(N=Nc2cc(C(=O)Nc3ccccc3C(C)Cl)ccc2Cl)C(C)=O)c(CCCl)c1. The predicted octanol–water partition coefficient (Wildman–Crippen LogP) is 12.2. The average Bonchev–Trinajstić information content (AvgIpc) is 3.25. The zero-order valence-corrected chi connectivity index (χ0v) is 38.9. The molecule has 5 rings (SSSR count). The minimum absolute atomic E-state index is 0.0303. The van der Waals surface area contributed by atoms with Crippen molar-refractivity contribution in [1.29, 1.82) is 0 Å². The molecule has 5 aromatic rings. The molecule has 4 N–H and O–H groups in total. The molecule has 5 aromatic carbocycles. The van der Waals surface area contributed by atoms with Gasteiger partial charge >= 0.3 is 0 Å². The van der Waals surface area contributed by atoms with Crippen LogP contribution >= 0.6 is 58.0 Å². The molecule has 0 saturated heterocycles. The van der Waals surface area contributed by atoms with Crippen LogP contribution in [0.3, 0.4) is 0 Å². The molecular formula is C46H41Cl5N8O6. The number of amides is 4. The highest BCUT2D eigenvalue weighted by atomic mass is 35.5. The number of aryl methyl sites for hydroxylation is 1. The predicted molar refractivity (Wildman–Crippen MR) is 256 cm³/mol. The van der Waals surface area contributed by atoms with Crippen molar-refractivity contribution in [3.8, 4) is 0 Å². The summed E-state index contributed by atoms with van der Waals surface area (Å²) in [7, 11) is 0. The van der Waals surface area contributed by atoms with E-state index < -0.39 is 47.3 Å². The van der Waals surface area contributed by atoms with Crippen LogP contribution in [0, 0.1) is 0 Å². The number of nitrogens with one attached hydrogen (secondary N) is 4. The summed E-state index contributed by atoms with van der Waals surface area (Å²) in [5.74, 6) is -3.81. The Morgan fingerprint density at radius 1 is 0.554 bits per heavy atom. The number of para-hydroxylation sites is 2. The summed E-state index contributed by atoms with van der Waals surface area (Å²) in [6.07, 6.45) is 0.209. The molecule has 0 bridgehead atoms. The van der Waals surface area contributed by atoms with E-state index in [2.05, 4.69) is 41.7 Å². The van der Waals surface area contributed by atoms with E-state index in [1.807, 2.05) is 0 Å². The van der Waals surface area contributed by atoms with Crippen LogP contribution < -0.4 is 21.3 Å². The quantitative estimate of drug-likeness (QED) is 0.0382. The lowest BCUT2D eigenvalue weighted by Gasteiger charge is -2.16. The second-order valence-electron chi connectivity index (χ2n) is 14.4. The molecular weight excluding hydrogens is 938 g/mol. The van der Waals surface area contributed by atoms with Crippen molar-refractivity contribution >= 4 is 127 Å². The molecule has 0 aliphatic rings. The van der Waals surface area contributed by atoms with Crippen molar-refractivity contribution in [2.75, 3.05) is 27.1 Å². The summed E-state index contributed by atoms with van der Waals surface area (Å²) in [5, 5.41) is 26.5. The molecule has 0 fully saturated rings. The van der Waals surface area contributed by atoms with Gasteiger partial charge in [0.25, 0.3) is 23.6 Å². The first-order chi connectivity index (χ1) is 31.0. The fraction of sp³-hybridized carbons (Fsp3) is 0.217. The summed E-state index contributed by atoms with van der Waals surface area (Å²) >= 11 is 31.4. The fourth-order valence-corrected chi connectivity index (χ4v) is 7.05. The van der Waals surface area contributed by atoms with Crippen molar-refractivity contribution in [3.63, 3.8) is 0 Å². The number of carbonyl (C=O) groups is 6. The molecule has 0 saturated carbocycles. The molecule has 4 atom stereocenters. The average molecular weight is 979 g/mol. The van der Waals surface area contributed by atoms with Crippen LogP contribution in [0.15, 0.2) is 124 Å². The van der Waals surface area contributed by atoms with E-state index in [1.165, 1.54) is 54.6 Å². The number of rotatable bonds is 18. The number of hydrogen-bond donors (Lipinski definition) is 4. The van der Waals surface area contributed by atoms with Gasteiger partial charge < -0.3 is 21.3 Å². The standard InChI is InChI=1S/C46H41Cl5N8O6/c1-24(48)32-9-5-7-11-37(32)54-43(62)29-13-16-34(50)39(22-29)56-58-41(26(3)60)45(64)52-31-15-18-36(28(21-31)19-20-47)53-46(65)42(27(4)61)59-57-40-23-30(14-17-35(40)51)44(63)55-38-12-8-6-10-33(38)25(2)49/h5-18,21-25,41-42H,19-20H2,1-4H3,(H,52,64)(H,53,65)(H,54,62)(H,55,63).